The van der Waals surface area contributed by atoms with Crippen LogP contribution in [0.15, 0.2) is 18.2 Å². The fourth-order valence-electron chi connectivity index (χ4n) is 2.12. The topological polar surface area (TPSA) is 69.4 Å². The first-order chi connectivity index (χ1) is 8.79. The zero-order valence-electron chi connectivity index (χ0n) is 9.66. The monoisotopic (exact) mass is 273 g/mol. The number of hydrogen-bond acceptors (Lipinski definition) is 3. The number of alkyl halides is 3. The largest absolute Gasteiger partial charge is 0.491 e. The molecule has 102 valence electrons. The molecule has 1 aromatic carbocycles. The van der Waals surface area contributed by atoms with Crippen molar-refractivity contribution in [2.24, 2.45) is 5.73 Å². The maximum atomic E-state index is 12.0. The van der Waals surface area contributed by atoms with E-state index in [-0.39, 0.29) is 5.75 Å². The van der Waals surface area contributed by atoms with Gasteiger partial charge in [-0.2, -0.15) is 13.2 Å². The number of nitrogens with two attached hydrogens (primary N) is 1. The third-order valence-corrected chi connectivity index (χ3v) is 2.98. The number of aryl methyl sites for hydroxylation is 1. The van der Waals surface area contributed by atoms with Crippen LogP contribution in [0.5, 0.6) is 5.75 Å². The van der Waals surface area contributed by atoms with Gasteiger partial charge >= 0.3 is 12.1 Å². The molecule has 0 bridgehead atoms. The molecular formula is C12H10F3NO3. The average Bonchev–Trinajstić information content (AvgIpc) is 2.70. The Hall–Kier alpha value is -2.05. The average molecular weight is 273 g/mol. The number of halogens is 3. The second-order valence-corrected chi connectivity index (χ2v) is 4.24. The summed E-state index contributed by atoms with van der Waals surface area (Å²) in [6.07, 6.45) is -4.00. The Bertz CT molecular complexity index is 540. The van der Waals surface area contributed by atoms with Gasteiger partial charge in [0.25, 0.3) is 0 Å². The van der Waals surface area contributed by atoms with Crippen molar-refractivity contribution in [2.45, 2.75) is 24.9 Å². The lowest BCUT2D eigenvalue weighted by Crippen LogP contribution is -2.28. The summed E-state index contributed by atoms with van der Waals surface area (Å²) >= 11 is 0. The first kappa shape index (κ1) is 13.4. The van der Waals surface area contributed by atoms with E-state index in [2.05, 4.69) is 4.74 Å². The van der Waals surface area contributed by atoms with Gasteiger partial charge in [-0.25, -0.2) is 4.79 Å². The van der Waals surface area contributed by atoms with E-state index in [9.17, 15) is 22.8 Å². The van der Waals surface area contributed by atoms with Crippen LogP contribution in [0.1, 0.15) is 23.5 Å². The minimum atomic E-state index is -5.03. The van der Waals surface area contributed by atoms with Crippen LogP contribution in [0.2, 0.25) is 0 Å². The lowest BCUT2D eigenvalue weighted by Gasteiger charge is -2.10. The number of primary amides is 1. The summed E-state index contributed by atoms with van der Waals surface area (Å²) in [5.41, 5.74) is 6.57. The fourth-order valence-corrected chi connectivity index (χ4v) is 2.12. The Morgan fingerprint density at radius 3 is 2.58 bits per heavy atom. The molecule has 7 heteroatoms. The number of fused-ring (bicyclic) bond motifs is 1. The van der Waals surface area contributed by atoms with Crippen LogP contribution < -0.4 is 10.5 Å². The highest BCUT2D eigenvalue weighted by molar-refractivity contribution is 5.83. The van der Waals surface area contributed by atoms with Crippen molar-refractivity contribution in [3.05, 3.63) is 29.3 Å². The van der Waals surface area contributed by atoms with E-state index in [0.717, 1.165) is 0 Å². The molecule has 0 saturated heterocycles. The second-order valence-electron chi connectivity index (χ2n) is 4.24. The number of ether oxygens (including phenoxy) is 1. The van der Waals surface area contributed by atoms with E-state index in [1.807, 2.05) is 0 Å². The van der Waals surface area contributed by atoms with E-state index in [1.165, 1.54) is 18.2 Å². The molecule has 1 aliphatic carbocycles. The molecule has 2 rings (SSSR count). The van der Waals surface area contributed by atoms with Crippen LogP contribution in [0.25, 0.3) is 0 Å². The minimum Gasteiger partial charge on any atom is -0.420 e. The van der Waals surface area contributed by atoms with Crippen LogP contribution in [-0.2, 0) is 16.0 Å². The van der Waals surface area contributed by atoms with Gasteiger partial charge in [-0.05, 0) is 36.1 Å². The van der Waals surface area contributed by atoms with Gasteiger partial charge < -0.3 is 10.5 Å². The maximum Gasteiger partial charge on any atom is 0.491 e. The van der Waals surface area contributed by atoms with Gasteiger partial charge in [0, 0.05) is 0 Å². The summed E-state index contributed by atoms with van der Waals surface area (Å²) < 4.78 is 40.3. The third-order valence-electron chi connectivity index (χ3n) is 2.98. The Morgan fingerprint density at radius 1 is 1.32 bits per heavy atom. The quantitative estimate of drug-likeness (QED) is 0.658. The number of benzene rings is 1. The van der Waals surface area contributed by atoms with Gasteiger partial charge in [-0.3, -0.25) is 4.79 Å². The zero-order valence-corrected chi connectivity index (χ0v) is 9.66. The molecule has 0 aromatic heterocycles. The molecule has 1 atom stereocenters. The molecule has 4 nitrogen and oxygen atoms in total. The lowest BCUT2D eigenvalue weighted by molar-refractivity contribution is -0.189. The van der Waals surface area contributed by atoms with Crippen molar-refractivity contribution in [3.8, 4) is 5.75 Å². The standard InChI is InChI=1S/C12H10F3NO3/c13-12(14,15)11(18)19-7-2-4-8-6(5-7)1-3-9(8)10(16)17/h2,4-5,9H,1,3H2,(H2,16,17). The fraction of sp³-hybridized carbons (Fsp3) is 0.333. The van der Waals surface area contributed by atoms with Gasteiger partial charge in [-0.15, -0.1) is 0 Å². The van der Waals surface area contributed by atoms with Gasteiger partial charge in [0.1, 0.15) is 5.75 Å². The van der Waals surface area contributed by atoms with Crippen molar-refractivity contribution in [1.29, 1.82) is 0 Å². The first-order valence-corrected chi connectivity index (χ1v) is 5.50. The van der Waals surface area contributed by atoms with Crippen molar-refractivity contribution < 1.29 is 27.5 Å². The molecule has 0 saturated carbocycles. The zero-order chi connectivity index (χ0) is 14.2. The van der Waals surface area contributed by atoms with E-state index >= 15 is 0 Å². The molecule has 2 N–H and O–H groups in total. The number of amides is 1. The molecule has 0 radical (unpaired) electrons. The molecule has 1 unspecified atom stereocenters. The number of carbonyl (C=O) groups is 2. The molecule has 1 amide bonds. The Kier molecular flexibility index (Phi) is 3.21. The number of carbonyl (C=O) groups excluding carboxylic acids is 2. The van der Waals surface area contributed by atoms with Gasteiger partial charge in [0.2, 0.25) is 5.91 Å². The predicted octanol–water partition coefficient (Wildman–Crippen LogP) is 1.67. The Morgan fingerprint density at radius 2 is 2.00 bits per heavy atom. The van der Waals surface area contributed by atoms with Crippen LogP contribution in [-0.4, -0.2) is 18.1 Å². The number of esters is 1. The van der Waals surface area contributed by atoms with E-state index in [0.29, 0.717) is 24.0 Å². The van der Waals surface area contributed by atoms with Crippen LogP contribution in [0.3, 0.4) is 0 Å². The highest BCUT2D eigenvalue weighted by Gasteiger charge is 2.41. The smallest absolute Gasteiger partial charge is 0.420 e. The van der Waals surface area contributed by atoms with Gasteiger partial charge in [0.05, 0.1) is 5.92 Å². The highest BCUT2D eigenvalue weighted by Crippen LogP contribution is 2.35. The molecular weight excluding hydrogens is 263 g/mol. The van der Waals surface area contributed by atoms with Crippen LogP contribution >= 0.6 is 0 Å². The number of rotatable bonds is 2. The predicted molar refractivity (Wildman–Crippen MR) is 58.4 cm³/mol. The summed E-state index contributed by atoms with van der Waals surface area (Å²) in [6, 6.07) is 4.03. The summed E-state index contributed by atoms with van der Waals surface area (Å²) in [5.74, 6) is -3.36. The van der Waals surface area contributed by atoms with Crippen molar-refractivity contribution in [3.63, 3.8) is 0 Å². The molecule has 1 aliphatic rings. The van der Waals surface area contributed by atoms with Crippen molar-refractivity contribution in [2.75, 3.05) is 0 Å². The van der Waals surface area contributed by atoms with Crippen LogP contribution in [0.4, 0.5) is 13.2 Å². The Labute approximate surface area is 106 Å². The SMILES string of the molecule is NC(=O)C1CCc2cc(OC(=O)C(F)(F)F)ccc21. The van der Waals surface area contributed by atoms with E-state index in [4.69, 9.17) is 5.73 Å². The molecule has 0 heterocycles. The molecule has 19 heavy (non-hydrogen) atoms. The van der Waals surface area contributed by atoms with E-state index in [1.54, 1.807) is 0 Å². The first-order valence-electron chi connectivity index (χ1n) is 5.50. The molecule has 0 fully saturated rings. The van der Waals surface area contributed by atoms with Gasteiger partial charge in [-0.1, -0.05) is 6.07 Å². The molecule has 0 spiro atoms. The summed E-state index contributed by atoms with van der Waals surface area (Å²) in [6.45, 7) is 0. The third kappa shape index (κ3) is 2.69. The van der Waals surface area contributed by atoms with Gasteiger partial charge in [0.15, 0.2) is 0 Å². The minimum absolute atomic E-state index is 0.189. The summed E-state index contributed by atoms with van der Waals surface area (Å²) in [4.78, 5) is 21.8. The highest BCUT2D eigenvalue weighted by atomic mass is 19.4. The number of hydrogen-bond donors (Lipinski definition) is 1. The lowest BCUT2D eigenvalue weighted by atomic mass is 10.0. The summed E-state index contributed by atoms with van der Waals surface area (Å²) in [5, 5.41) is 0. The van der Waals surface area contributed by atoms with Crippen molar-refractivity contribution >= 4 is 11.9 Å². The normalized spacial score (nSPS) is 17.9. The Balaban J connectivity index is 2.20. The van der Waals surface area contributed by atoms with Crippen LogP contribution in [0, 0.1) is 0 Å². The molecule has 1 aromatic rings. The summed E-state index contributed by atoms with van der Waals surface area (Å²) in [7, 11) is 0. The second kappa shape index (κ2) is 4.56. The van der Waals surface area contributed by atoms with Crippen molar-refractivity contribution in [1.82, 2.24) is 0 Å². The molecule has 0 aliphatic heterocycles. The van der Waals surface area contributed by atoms with E-state index < -0.39 is 24.0 Å². The maximum absolute atomic E-state index is 12.0.